The van der Waals surface area contributed by atoms with E-state index >= 15 is 0 Å². The zero-order chi connectivity index (χ0) is 30.9. The molecule has 2 rings (SSSR count). The number of carboxylic acids is 1. The average Bonchev–Trinajstić information content (AvgIpc) is 2.91. The summed E-state index contributed by atoms with van der Waals surface area (Å²) >= 11 is 0. The zero-order valence-electron chi connectivity index (χ0n) is 25.4. The van der Waals surface area contributed by atoms with E-state index in [1.54, 1.807) is 0 Å². The predicted octanol–water partition coefficient (Wildman–Crippen LogP) is 1.35. The molecule has 0 radical (unpaired) electrons. The second kappa shape index (κ2) is 16.5. The van der Waals surface area contributed by atoms with Crippen molar-refractivity contribution in [1.29, 1.82) is 0 Å². The summed E-state index contributed by atoms with van der Waals surface area (Å²) in [6.07, 6.45) is -6.94. The highest BCUT2D eigenvalue weighted by atomic mass is 16.7. The van der Waals surface area contributed by atoms with E-state index in [2.05, 4.69) is 5.32 Å². The number of aliphatic hydroxyl groups is 4. The van der Waals surface area contributed by atoms with Gasteiger partial charge < -0.3 is 49.8 Å². The van der Waals surface area contributed by atoms with E-state index in [9.17, 15) is 35.1 Å². The Kier molecular flexibility index (Phi) is 14.4. The number of carboxylic acid groups (broad SMARTS) is 1. The molecular formula is C29H53NO11. The monoisotopic (exact) mass is 591 g/mol. The number of carbonyl (C=O) groups excluding carboxylic acids is 1. The number of aliphatic carboxylic acids is 1. The first-order valence-electron chi connectivity index (χ1n) is 15.1. The standard InChI is InChI=1S/C29H53NO11/c1-7-11-17(10-4)15-38-24-21(34)22(35)28(41-25(24)27(36)37)40-23-19(30-16(5)32)26(39-18(14-31)20(23)33)29(6,12-8-2)13-9-3/h17-26,28,31,33-35H,7-15H2,1-6H3,(H,30,32)(H,36,37)/t17-,18?,19?,20+,21?,22?,23?,24-,25?,26+,28+/m0/s1. The van der Waals surface area contributed by atoms with E-state index in [-0.39, 0.29) is 12.5 Å². The predicted molar refractivity (Wildman–Crippen MR) is 149 cm³/mol. The van der Waals surface area contributed by atoms with Gasteiger partial charge in [0, 0.05) is 6.92 Å². The fourth-order valence-corrected chi connectivity index (χ4v) is 6.36. The fourth-order valence-electron chi connectivity index (χ4n) is 6.36. The summed E-state index contributed by atoms with van der Waals surface area (Å²) in [6.45, 7) is 11.1. The molecule has 12 heteroatoms. The lowest BCUT2D eigenvalue weighted by Crippen LogP contribution is -2.70. The van der Waals surface area contributed by atoms with E-state index in [1.165, 1.54) is 6.92 Å². The van der Waals surface area contributed by atoms with Gasteiger partial charge in [0.15, 0.2) is 12.4 Å². The number of amides is 1. The molecule has 0 bridgehead atoms. The highest BCUT2D eigenvalue weighted by Crippen LogP contribution is 2.42. The lowest BCUT2D eigenvalue weighted by molar-refractivity contribution is -0.334. The second-order valence-corrected chi connectivity index (χ2v) is 11.9. The minimum atomic E-state index is -1.72. The number of nitrogens with one attached hydrogen (secondary N) is 1. The molecule has 0 saturated carbocycles. The summed E-state index contributed by atoms with van der Waals surface area (Å²) in [5.41, 5.74) is -0.478. The van der Waals surface area contributed by atoms with E-state index in [4.69, 9.17) is 18.9 Å². The Hall–Kier alpha value is -1.38. The van der Waals surface area contributed by atoms with Crippen LogP contribution in [0, 0.1) is 11.3 Å². The summed E-state index contributed by atoms with van der Waals surface area (Å²) in [4.78, 5) is 24.5. The van der Waals surface area contributed by atoms with Crippen LogP contribution in [0.1, 0.15) is 86.5 Å². The highest BCUT2D eigenvalue weighted by Gasteiger charge is 2.55. The molecule has 2 saturated heterocycles. The molecule has 0 aromatic carbocycles. The first kappa shape index (κ1) is 35.8. The maximum atomic E-state index is 12.3. The van der Waals surface area contributed by atoms with Gasteiger partial charge >= 0.3 is 5.97 Å². The zero-order valence-corrected chi connectivity index (χ0v) is 25.4. The van der Waals surface area contributed by atoms with Crippen LogP contribution in [0.25, 0.3) is 0 Å². The van der Waals surface area contributed by atoms with Crippen LogP contribution >= 0.6 is 0 Å². The second-order valence-electron chi connectivity index (χ2n) is 11.9. The first-order valence-corrected chi connectivity index (χ1v) is 15.1. The van der Waals surface area contributed by atoms with E-state index in [1.807, 2.05) is 34.6 Å². The number of rotatable bonds is 16. The van der Waals surface area contributed by atoms with Gasteiger partial charge in [-0.05, 0) is 30.6 Å². The molecule has 12 nitrogen and oxygen atoms in total. The van der Waals surface area contributed by atoms with Crippen molar-refractivity contribution in [2.75, 3.05) is 13.2 Å². The molecule has 11 atom stereocenters. The Morgan fingerprint density at radius 2 is 1.59 bits per heavy atom. The number of ether oxygens (including phenoxy) is 4. The highest BCUT2D eigenvalue weighted by molar-refractivity contribution is 5.74. The van der Waals surface area contributed by atoms with Gasteiger partial charge in [0.05, 0.1) is 25.4 Å². The van der Waals surface area contributed by atoms with Crippen LogP contribution in [0.15, 0.2) is 0 Å². The Bertz CT molecular complexity index is 808. The molecular weight excluding hydrogens is 538 g/mol. The molecule has 2 aliphatic rings. The normalized spacial score (nSPS) is 35.2. The third kappa shape index (κ3) is 8.82. The summed E-state index contributed by atoms with van der Waals surface area (Å²) in [7, 11) is 0. The Labute approximate surface area is 243 Å². The van der Waals surface area contributed by atoms with E-state index in [0.29, 0.717) is 0 Å². The summed E-state index contributed by atoms with van der Waals surface area (Å²) in [5, 5.41) is 56.0. The van der Waals surface area contributed by atoms with Gasteiger partial charge in [-0.15, -0.1) is 0 Å². The van der Waals surface area contributed by atoms with Crippen LogP contribution in [-0.2, 0) is 28.5 Å². The van der Waals surface area contributed by atoms with Crippen molar-refractivity contribution in [2.45, 2.75) is 148 Å². The van der Waals surface area contributed by atoms with Crippen LogP contribution in [0.5, 0.6) is 0 Å². The first-order chi connectivity index (χ1) is 19.4. The maximum Gasteiger partial charge on any atom is 0.335 e. The average molecular weight is 592 g/mol. The van der Waals surface area contributed by atoms with Crippen molar-refractivity contribution >= 4 is 11.9 Å². The molecule has 6 N–H and O–H groups in total. The fraction of sp³-hybridized carbons (Fsp3) is 0.931. The molecule has 2 aliphatic heterocycles. The van der Waals surface area contributed by atoms with Crippen LogP contribution in [-0.4, -0.2) is 112 Å². The van der Waals surface area contributed by atoms with E-state index in [0.717, 1.165) is 44.9 Å². The van der Waals surface area contributed by atoms with Crippen molar-refractivity contribution in [2.24, 2.45) is 11.3 Å². The van der Waals surface area contributed by atoms with Crippen molar-refractivity contribution in [3.63, 3.8) is 0 Å². The van der Waals surface area contributed by atoms with Crippen molar-refractivity contribution in [3.8, 4) is 0 Å². The smallest absolute Gasteiger partial charge is 0.335 e. The topological polar surface area (TPSA) is 184 Å². The van der Waals surface area contributed by atoms with E-state index < -0.39 is 85.1 Å². The SMILES string of the molecule is CCC[C@H](CC)CO[C@@H]1C(C(=O)O)O[C@@H](OC2C(NC(C)=O)[C@H](C(C)(CCC)CCC)OC(CO)[C@H]2O)C(O)C1O. The molecule has 41 heavy (non-hydrogen) atoms. The number of hydrogen-bond donors (Lipinski definition) is 6. The number of hydrogen-bond acceptors (Lipinski definition) is 10. The summed E-state index contributed by atoms with van der Waals surface area (Å²) in [5.74, 6) is -1.67. The molecule has 2 heterocycles. The Balaban J connectivity index is 2.40. The van der Waals surface area contributed by atoms with Crippen LogP contribution in [0.4, 0.5) is 0 Å². The molecule has 2 fully saturated rings. The van der Waals surface area contributed by atoms with Gasteiger partial charge in [0.2, 0.25) is 5.91 Å². The Morgan fingerprint density at radius 1 is 0.951 bits per heavy atom. The van der Waals surface area contributed by atoms with Gasteiger partial charge in [0.25, 0.3) is 0 Å². The quantitative estimate of drug-likeness (QED) is 0.152. The van der Waals surface area contributed by atoms with Gasteiger partial charge in [0.1, 0.15) is 36.6 Å². The minimum Gasteiger partial charge on any atom is -0.479 e. The lowest BCUT2D eigenvalue weighted by atomic mass is 9.70. The molecule has 0 aromatic heterocycles. The van der Waals surface area contributed by atoms with Crippen LogP contribution < -0.4 is 5.32 Å². The third-order valence-corrected chi connectivity index (χ3v) is 8.48. The molecule has 6 unspecified atom stereocenters. The number of aliphatic hydroxyl groups excluding tert-OH is 4. The van der Waals surface area contributed by atoms with Crippen LogP contribution in [0.3, 0.4) is 0 Å². The largest absolute Gasteiger partial charge is 0.479 e. The lowest BCUT2D eigenvalue weighted by Gasteiger charge is -2.52. The summed E-state index contributed by atoms with van der Waals surface area (Å²) < 4.78 is 23.7. The third-order valence-electron chi connectivity index (χ3n) is 8.48. The Morgan fingerprint density at radius 3 is 2.07 bits per heavy atom. The molecule has 1 amide bonds. The van der Waals surface area contributed by atoms with Crippen molar-refractivity contribution in [1.82, 2.24) is 5.32 Å². The molecule has 240 valence electrons. The number of carbonyl (C=O) groups is 2. The van der Waals surface area contributed by atoms with Crippen LogP contribution in [0.2, 0.25) is 0 Å². The molecule has 0 aromatic rings. The summed E-state index contributed by atoms with van der Waals surface area (Å²) in [6, 6.07) is -0.932. The van der Waals surface area contributed by atoms with Gasteiger partial charge in [-0.3, -0.25) is 4.79 Å². The van der Waals surface area contributed by atoms with Crippen molar-refractivity contribution in [3.05, 3.63) is 0 Å². The minimum absolute atomic E-state index is 0.150. The molecule has 0 aliphatic carbocycles. The van der Waals surface area contributed by atoms with Crippen molar-refractivity contribution < 1.29 is 54.1 Å². The van der Waals surface area contributed by atoms with Gasteiger partial charge in [-0.2, -0.15) is 0 Å². The molecule has 0 spiro atoms. The van der Waals surface area contributed by atoms with Gasteiger partial charge in [-0.25, -0.2) is 4.79 Å². The maximum absolute atomic E-state index is 12.3. The van der Waals surface area contributed by atoms with Gasteiger partial charge in [-0.1, -0.05) is 60.3 Å².